The standard InChI is InChI=1S/C51H72O9/c1-32(12-10-14-33(2)30-52)13-11-15-35(28-42(55)37-29-36(53)17-19-41(37)54)46(58)60-31-51(9,59)45(57)21-16-34(3)38-22-26-50(8)40-18-20-43-47(4,5)44(56)24-25-48(43,6)39(40)23-27-49(38,50)7/h13-14,17-19,23,28-29,34,38,43,45,52-54,57,59H,10-12,15-16,20-22,24-27,30-31H2,1-9H3/b32-13+,33-14+,35-28-/t34-,38-,43+,45+,48-,49-,50+,51?/m1/s1. The molecule has 9 heteroatoms. The van der Waals surface area contributed by atoms with Gasteiger partial charge in [0.1, 0.15) is 29.5 Å². The molecule has 2 saturated carbocycles. The third-order valence-electron chi connectivity index (χ3n) is 15.8. The number of rotatable bonds is 17. The zero-order valence-corrected chi connectivity index (χ0v) is 37.7. The monoisotopic (exact) mass is 829 g/mol. The summed E-state index contributed by atoms with van der Waals surface area (Å²) in [6, 6.07) is 3.58. The fraction of sp³-hybridized carbons (Fsp3) is 0.627. The minimum Gasteiger partial charge on any atom is -0.508 e. The van der Waals surface area contributed by atoms with Crippen LogP contribution in [-0.4, -0.2) is 68.0 Å². The average Bonchev–Trinajstić information content (AvgIpc) is 3.48. The first-order valence-corrected chi connectivity index (χ1v) is 22.2. The van der Waals surface area contributed by atoms with Crippen molar-refractivity contribution in [2.75, 3.05) is 13.2 Å². The summed E-state index contributed by atoms with van der Waals surface area (Å²) in [6.07, 6.45) is 17.5. The Kier molecular flexibility index (Phi) is 14.4. The Hall–Kier alpha value is -3.79. The molecule has 5 rings (SSSR count). The number of phenolic OH excluding ortho intramolecular Hbond substituents is 2. The van der Waals surface area contributed by atoms with E-state index in [9.17, 15) is 39.9 Å². The van der Waals surface area contributed by atoms with Crippen LogP contribution in [0, 0.1) is 39.4 Å². The number of aliphatic hydroxyl groups excluding tert-OH is 2. The largest absolute Gasteiger partial charge is 0.508 e. The van der Waals surface area contributed by atoms with E-state index in [2.05, 4.69) is 53.7 Å². The van der Waals surface area contributed by atoms with Gasteiger partial charge in [0, 0.05) is 17.4 Å². The normalized spacial score (nSPS) is 29.9. The number of carbonyl (C=O) groups is 3. The fourth-order valence-electron chi connectivity index (χ4n) is 11.5. The number of benzene rings is 1. The highest BCUT2D eigenvalue weighted by molar-refractivity contribution is 6.10. The van der Waals surface area contributed by atoms with Gasteiger partial charge in [-0.2, -0.15) is 0 Å². The molecular formula is C51H72O9. The van der Waals surface area contributed by atoms with Crippen LogP contribution in [0.4, 0.5) is 0 Å². The van der Waals surface area contributed by atoms with Gasteiger partial charge >= 0.3 is 5.97 Å². The topological polar surface area (TPSA) is 162 Å². The Labute approximate surface area is 358 Å². The molecule has 5 N–H and O–H groups in total. The number of hydrogen-bond donors (Lipinski definition) is 5. The Morgan fingerprint density at radius 1 is 0.967 bits per heavy atom. The average molecular weight is 829 g/mol. The Morgan fingerprint density at radius 2 is 1.65 bits per heavy atom. The van der Waals surface area contributed by atoms with Crippen LogP contribution in [0.1, 0.15) is 150 Å². The molecule has 0 radical (unpaired) electrons. The maximum absolute atomic E-state index is 13.5. The van der Waals surface area contributed by atoms with Crippen LogP contribution in [0.25, 0.3) is 0 Å². The van der Waals surface area contributed by atoms with Crippen LogP contribution >= 0.6 is 0 Å². The summed E-state index contributed by atoms with van der Waals surface area (Å²) in [5.41, 5.74) is 2.71. The minimum absolute atomic E-state index is 0.00537. The molecular weight excluding hydrogens is 757 g/mol. The van der Waals surface area contributed by atoms with E-state index in [0.717, 1.165) is 68.2 Å². The molecule has 0 aliphatic heterocycles. The van der Waals surface area contributed by atoms with Gasteiger partial charge in [-0.1, -0.05) is 77.0 Å². The SMILES string of the molecule is C/C(=C\CC/C(C)=C/CC/C(=C/C(=O)c1cc(O)ccc1O)C(=O)OCC(C)(O)[C@@H](O)CC[C@@H](C)[C@H]1CC[C@@]2(C)C3=CC[C@H]4C(C)(C)C(=O)CC[C@]4(C)C3=CC[C@]12C)CO. The van der Waals surface area contributed by atoms with Gasteiger partial charge in [-0.05, 0) is 161 Å². The fourth-order valence-corrected chi connectivity index (χ4v) is 11.5. The molecule has 4 aliphatic rings. The van der Waals surface area contributed by atoms with E-state index < -0.39 is 30.1 Å². The van der Waals surface area contributed by atoms with Crippen molar-refractivity contribution in [3.63, 3.8) is 0 Å². The van der Waals surface area contributed by atoms with E-state index in [1.165, 1.54) is 30.2 Å². The zero-order valence-electron chi connectivity index (χ0n) is 37.7. The van der Waals surface area contributed by atoms with Crippen molar-refractivity contribution in [3.8, 4) is 11.5 Å². The highest BCUT2D eigenvalue weighted by atomic mass is 16.5. The van der Waals surface area contributed by atoms with Crippen LogP contribution in [0.3, 0.4) is 0 Å². The molecule has 4 aliphatic carbocycles. The number of phenols is 2. The van der Waals surface area contributed by atoms with Crippen LogP contribution in [0.2, 0.25) is 0 Å². The second-order valence-corrected chi connectivity index (χ2v) is 20.3. The molecule has 60 heavy (non-hydrogen) atoms. The quantitative estimate of drug-likeness (QED) is 0.0339. The van der Waals surface area contributed by atoms with E-state index in [1.807, 2.05) is 26.0 Å². The van der Waals surface area contributed by atoms with Gasteiger partial charge in [0.2, 0.25) is 0 Å². The van der Waals surface area contributed by atoms with E-state index in [-0.39, 0.29) is 63.2 Å². The van der Waals surface area contributed by atoms with E-state index in [4.69, 9.17) is 4.74 Å². The first-order valence-electron chi connectivity index (χ1n) is 22.2. The summed E-state index contributed by atoms with van der Waals surface area (Å²) in [4.78, 5) is 39.8. The maximum Gasteiger partial charge on any atom is 0.334 e. The van der Waals surface area contributed by atoms with E-state index >= 15 is 0 Å². The molecule has 330 valence electrons. The highest BCUT2D eigenvalue weighted by Crippen LogP contribution is 2.71. The molecule has 0 spiro atoms. The number of hydrogen-bond acceptors (Lipinski definition) is 9. The van der Waals surface area contributed by atoms with Crippen LogP contribution in [-0.2, 0) is 14.3 Å². The van der Waals surface area contributed by atoms with Crippen molar-refractivity contribution in [1.29, 1.82) is 0 Å². The molecule has 9 nitrogen and oxygen atoms in total. The molecule has 0 aromatic heterocycles. The Morgan fingerprint density at radius 3 is 2.35 bits per heavy atom. The number of carbonyl (C=O) groups excluding carboxylic acids is 3. The number of Topliss-reactive ketones (excluding diaryl/α,β-unsaturated/α-hetero) is 1. The molecule has 1 aromatic carbocycles. The van der Waals surface area contributed by atoms with Gasteiger partial charge in [0.15, 0.2) is 5.78 Å². The number of esters is 1. The van der Waals surface area contributed by atoms with Crippen molar-refractivity contribution in [3.05, 3.63) is 82.0 Å². The summed E-state index contributed by atoms with van der Waals surface area (Å²) >= 11 is 0. The van der Waals surface area contributed by atoms with Gasteiger partial charge in [-0.25, -0.2) is 4.79 Å². The first-order chi connectivity index (χ1) is 28.0. The maximum atomic E-state index is 13.5. The van der Waals surface area contributed by atoms with Crippen LogP contribution in [0.5, 0.6) is 11.5 Å². The van der Waals surface area contributed by atoms with Crippen molar-refractivity contribution >= 4 is 17.5 Å². The lowest BCUT2D eigenvalue weighted by Crippen LogP contribution is -2.53. The van der Waals surface area contributed by atoms with Gasteiger partial charge in [0.05, 0.1) is 18.3 Å². The summed E-state index contributed by atoms with van der Waals surface area (Å²) in [5.74, 6) is -0.707. The summed E-state index contributed by atoms with van der Waals surface area (Å²) in [6.45, 7) is 18.6. The van der Waals surface area contributed by atoms with Gasteiger partial charge in [-0.15, -0.1) is 0 Å². The molecule has 1 aromatic rings. The van der Waals surface area contributed by atoms with Crippen molar-refractivity contribution in [2.45, 2.75) is 151 Å². The van der Waals surface area contributed by atoms with Gasteiger partial charge < -0.3 is 30.3 Å². The number of fused-ring (bicyclic) bond motifs is 5. The van der Waals surface area contributed by atoms with Crippen molar-refractivity contribution in [2.24, 2.45) is 39.4 Å². The Bertz CT molecular complexity index is 1960. The first kappa shape index (κ1) is 47.3. The number of aliphatic hydroxyl groups is 3. The lowest BCUT2D eigenvalue weighted by molar-refractivity contribution is -0.155. The minimum atomic E-state index is -1.75. The second kappa shape index (κ2) is 18.3. The van der Waals surface area contributed by atoms with Gasteiger partial charge in [-0.3, -0.25) is 9.59 Å². The number of allylic oxidation sites excluding steroid dienone is 8. The third kappa shape index (κ3) is 9.34. The third-order valence-corrected chi connectivity index (χ3v) is 15.8. The summed E-state index contributed by atoms with van der Waals surface area (Å²) < 4.78 is 5.60. The Balaban J connectivity index is 1.23. The van der Waals surface area contributed by atoms with E-state index in [1.54, 1.807) is 0 Å². The number of ketones is 2. The summed E-state index contributed by atoms with van der Waals surface area (Å²) in [5, 5.41) is 52.3. The lowest BCUT2D eigenvalue weighted by Gasteiger charge is -2.59. The van der Waals surface area contributed by atoms with Crippen LogP contribution in [0.15, 0.2) is 76.4 Å². The zero-order chi connectivity index (χ0) is 44.4. The molecule has 0 bridgehead atoms. The molecule has 0 saturated heterocycles. The molecule has 0 heterocycles. The van der Waals surface area contributed by atoms with Gasteiger partial charge in [0.25, 0.3) is 0 Å². The predicted molar refractivity (Wildman–Crippen MR) is 235 cm³/mol. The molecule has 8 atom stereocenters. The van der Waals surface area contributed by atoms with Crippen LogP contribution < -0.4 is 0 Å². The lowest BCUT2D eigenvalue weighted by atomic mass is 9.44. The molecule has 0 amide bonds. The second-order valence-electron chi connectivity index (χ2n) is 20.3. The predicted octanol–water partition coefficient (Wildman–Crippen LogP) is 9.82. The van der Waals surface area contributed by atoms with E-state index in [0.29, 0.717) is 43.3 Å². The summed E-state index contributed by atoms with van der Waals surface area (Å²) in [7, 11) is 0. The highest BCUT2D eigenvalue weighted by Gasteiger charge is 2.63. The van der Waals surface area contributed by atoms with Crippen molar-refractivity contribution in [1.82, 2.24) is 0 Å². The molecule has 1 unspecified atom stereocenters. The number of ether oxygens (including phenoxy) is 1. The molecule has 2 fully saturated rings. The van der Waals surface area contributed by atoms with Crippen molar-refractivity contribution < 1.29 is 44.7 Å². The smallest absolute Gasteiger partial charge is 0.334 e. The number of aromatic hydroxyl groups is 2.